The molecule has 6 nitrogen and oxygen atoms in total. The fourth-order valence-electron chi connectivity index (χ4n) is 3.68. The lowest BCUT2D eigenvalue weighted by Crippen LogP contribution is -2.33. The van der Waals surface area contributed by atoms with Crippen LogP contribution >= 0.6 is 24.8 Å². The van der Waals surface area contributed by atoms with Gasteiger partial charge in [-0.1, -0.05) is 0 Å². The van der Waals surface area contributed by atoms with Crippen LogP contribution in [0.15, 0.2) is 0 Å². The monoisotopic (exact) mass is 414 g/mol. The van der Waals surface area contributed by atoms with E-state index < -0.39 is 11.9 Å². The number of carboxylic acid groups (broad SMARTS) is 2. The van der Waals surface area contributed by atoms with Crippen molar-refractivity contribution in [3.8, 4) is 0 Å². The van der Waals surface area contributed by atoms with E-state index in [2.05, 4.69) is 38.0 Å². The van der Waals surface area contributed by atoms with Gasteiger partial charge in [-0.3, -0.25) is 9.59 Å². The zero-order chi connectivity index (χ0) is 18.3. The highest BCUT2D eigenvalue weighted by Gasteiger charge is 2.27. The average molecular weight is 415 g/mol. The lowest BCUT2D eigenvalue weighted by Gasteiger charge is -2.30. The Balaban J connectivity index is 0. The predicted octanol–water partition coefficient (Wildman–Crippen LogP) is 3.23. The topological polar surface area (TPSA) is 81.1 Å². The molecule has 156 valence electrons. The van der Waals surface area contributed by atoms with Crippen LogP contribution in [0.2, 0.25) is 0 Å². The minimum absolute atomic E-state index is 0. The first-order valence-electron chi connectivity index (χ1n) is 9.00. The van der Waals surface area contributed by atoms with Gasteiger partial charge in [-0.15, -0.1) is 24.8 Å². The molecule has 0 atom stereocenters. The molecule has 0 aromatic rings. The number of carboxylic acids is 2. The van der Waals surface area contributed by atoms with Crippen LogP contribution < -0.4 is 0 Å². The molecule has 0 radical (unpaired) electrons. The molecule has 2 aliphatic rings. The Morgan fingerprint density at radius 2 is 0.846 bits per heavy atom. The third-order valence-corrected chi connectivity index (χ3v) is 5.55. The quantitative estimate of drug-likeness (QED) is 0.734. The second-order valence-corrected chi connectivity index (χ2v) is 7.61. The van der Waals surface area contributed by atoms with Gasteiger partial charge in [0.25, 0.3) is 0 Å². The van der Waals surface area contributed by atoms with Crippen molar-refractivity contribution < 1.29 is 19.8 Å². The minimum Gasteiger partial charge on any atom is -0.481 e. The highest BCUT2D eigenvalue weighted by Crippen LogP contribution is 2.27. The van der Waals surface area contributed by atoms with Gasteiger partial charge in [-0.2, -0.15) is 0 Å². The van der Waals surface area contributed by atoms with E-state index in [1.54, 1.807) is 0 Å². The van der Waals surface area contributed by atoms with Gasteiger partial charge in [0, 0.05) is 12.1 Å². The van der Waals surface area contributed by atoms with E-state index in [1.165, 1.54) is 0 Å². The largest absolute Gasteiger partial charge is 0.481 e. The van der Waals surface area contributed by atoms with Gasteiger partial charge < -0.3 is 20.0 Å². The summed E-state index contributed by atoms with van der Waals surface area (Å²) in [6.07, 6.45) is 7.51. The molecule has 8 heteroatoms. The molecule has 0 bridgehead atoms. The lowest BCUT2D eigenvalue weighted by atomic mass is 9.86. The third-order valence-electron chi connectivity index (χ3n) is 5.55. The van der Waals surface area contributed by atoms with Crippen molar-refractivity contribution in [2.75, 3.05) is 28.2 Å². The van der Waals surface area contributed by atoms with Gasteiger partial charge in [0.15, 0.2) is 0 Å². The first-order chi connectivity index (χ1) is 11.2. The fraction of sp³-hybridized carbons (Fsp3) is 0.889. The van der Waals surface area contributed by atoms with Crippen molar-refractivity contribution in [3.05, 3.63) is 0 Å². The zero-order valence-corrected chi connectivity index (χ0v) is 18.0. The second-order valence-electron chi connectivity index (χ2n) is 7.61. The van der Waals surface area contributed by atoms with E-state index >= 15 is 0 Å². The molecule has 0 aliphatic heterocycles. The number of hydrogen-bond donors (Lipinski definition) is 2. The van der Waals surface area contributed by atoms with E-state index in [0.29, 0.717) is 12.1 Å². The SMILES string of the molecule is CN(C)C1CCC(C(=O)O)CC1.CN(C)C1CCC(C(=O)O)CC1.Cl.Cl. The number of rotatable bonds is 4. The summed E-state index contributed by atoms with van der Waals surface area (Å²) in [6, 6.07) is 1.20. The Kier molecular flexibility index (Phi) is 14.5. The van der Waals surface area contributed by atoms with Crippen molar-refractivity contribution in [3.63, 3.8) is 0 Å². The first kappa shape index (κ1) is 27.7. The standard InChI is InChI=1S/2C9H17NO2.2ClH/c2*1-10(2)8-5-3-7(4-6-8)9(11)12;;/h2*7-8H,3-6H2,1-2H3,(H,11,12);2*1H. The minimum atomic E-state index is -0.618. The van der Waals surface area contributed by atoms with Crippen LogP contribution in [-0.2, 0) is 9.59 Å². The average Bonchev–Trinajstić information content (AvgIpc) is 2.55. The summed E-state index contributed by atoms with van der Waals surface area (Å²) in [6.45, 7) is 0. The van der Waals surface area contributed by atoms with Crippen molar-refractivity contribution in [1.29, 1.82) is 0 Å². The van der Waals surface area contributed by atoms with Crippen LogP contribution in [0.5, 0.6) is 0 Å². The summed E-state index contributed by atoms with van der Waals surface area (Å²) in [5, 5.41) is 17.5. The number of nitrogens with zero attached hydrogens (tertiary/aromatic N) is 2. The molecule has 0 aromatic heterocycles. The molecule has 0 heterocycles. The van der Waals surface area contributed by atoms with E-state index in [1.807, 2.05) is 0 Å². The third kappa shape index (κ3) is 9.40. The lowest BCUT2D eigenvalue weighted by molar-refractivity contribution is -0.144. The maximum absolute atomic E-state index is 10.6. The summed E-state index contributed by atoms with van der Waals surface area (Å²) in [5.41, 5.74) is 0. The van der Waals surface area contributed by atoms with E-state index in [0.717, 1.165) is 51.4 Å². The normalized spacial score (nSPS) is 28.2. The zero-order valence-electron chi connectivity index (χ0n) is 16.4. The van der Waals surface area contributed by atoms with Crippen LogP contribution in [0.25, 0.3) is 0 Å². The van der Waals surface area contributed by atoms with Crippen LogP contribution in [0.1, 0.15) is 51.4 Å². The first-order valence-corrected chi connectivity index (χ1v) is 9.00. The fourth-order valence-corrected chi connectivity index (χ4v) is 3.68. The Morgan fingerprint density at radius 3 is 1.00 bits per heavy atom. The summed E-state index contributed by atoms with van der Waals surface area (Å²) in [5.74, 6) is -1.40. The Morgan fingerprint density at radius 1 is 0.615 bits per heavy atom. The molecule has 0 saturated heterocycles. The van der Waals surface area contributed by atoms with E-state index in [4.69, 9.17) is 10.2 Å². The number of carbonyl (C=O) groups is 2. The van der Waals surface area contributed by atoms with E-state index in [9.17, 15) is 9.59 Å². The van der Waals surface area contributed by atoms with Crippen molar-refractivity contribution in [2.24, 2.45) is 11.8 Å². The number of hydrogen-bond acceptors (Lipinski definition) is 4. The summed E-state index contributed by atoms with van der Waals surface area (Å²) in [7, 11) is 8.25. The van der Waals surface area contributed by atoms with Crippen molar-refractivity contribution in [2.45, 2.75) is 63.5 Å². The number of aliphatic carboxylic acids is 2. The molecule has 2 aliphatic carbocycles. The molecule has 2 rings (SSSR count). The Hall–Kier alpha value is -0.560. The molecular formula is C18H36Cl2N2O4. The molecular weight excluding hydrogens is 379 g/mol. The van der Waals surface area contributed by atoms with Gasteiger partial charge in [0.2, 0.25) is 0 Å². The summed E-state index contributed by atoms with van der Waals surface area (Å²) < 4.78 is 0. The molecule has 0 unspecified atom stereocenters. The molecule has 26 heavy (non-hydrogen) atoms. The van der Waals surface area contributed by atoms with Crippen LogP contribution in [0.3, 0.4) is 0 Å². The molecule has 0 spiro atoms. The van der Waals surface area contributed by atoms with Crippen LogP contribution in [0.4, 0.5) is 0 Å². The molecule has 2 N–H and O–H groups in total. The Labute approximate surface area is 170 Å². The van der Waals surface area contributed by atoms with Gasteiger partial charge in [-0.05, 0) is 79.6 Å². The Bertz CT molecular complexity index is 368. The van der Waals surface area contributed by atoms with Crippen LogP contribution in [-0.4, -0.2) is 72.2 Å². The summed E-state index contributed by atoms with van der Waals surface area (Å²) >= 11 is 0. The van der Waals surface area contributed by atoms with Gasteiger partial charge in [0.05, 0.1) is 11.8 Å². The van der Waals surface area contributed by atoms with Gasteiger partial charge in [-0.25, -0.2) is 0 Å². The van der Waals surface area contributed by atoms with Crippen molar-refractivity contribution in [1.82, 2.24) is 9.80 Å². The van der Waals surface area contributed by atoms with Gasteiger partial charge in [0.1, 0.15) is 0 Å². The number of halogens is 2. The van der Waals surface area contributed by atoms with Gasteiger partial charge >= 0.3 is 11.9 Å². The summed E-state index contributed by atoms with van der Waals surface area (Å²) in [4.78, 5) is 25.6. The second kappa shape index (κ2) is 13.6. The predicted molar refractivity (Wildman–Crippen MR) is 109 cm³/mol. The molecule has 2 saturated carbocycles. The maximum Gasteiger partial charge on any atom is 0.306 e. The smallest absolute Gasteiger partial charge is 0.306 e. The molecule has 0 aromatic carbocycles. The maximum atomic E-state index is 10.6. The van der Waals surface area contributed by atoms with Crippen LogP contribution in [0, 0.1) is 11.8 Å². The molecule has 0 amide bonds. The van der Waals surface area contributed by atoms with E-state index in [-0.39, 0.29) is 36.6 Å². The highest BCUT2D eigenvalue weighted by atomic mass is 35.5. The highest BCUT2D eigenvalue weighted by molar-refractivity contribution is 5.85. The van der Waals surface area contributed by atoms with Crippen molar-refractivity contribution >= 4 is 36.8 Å². The molecule has 2 fully saturated rings.